The molecule has 3 rings (SSSR count). The molecule has 1 aromatic heterocycles. The molecule has 0 spiro atoms. The molecule has 1 fully saturated rings. The molecule has 0 saturated carbocycles. The number of hydrogen-bond acceptors (Lipinski definition) is 2. The van der Waals surface area contributed by atoms with E-state index in [-0.39, 0.29) is 5.91 Å². The van der Waals surface area contributed by atoms with Crippen LogP contribution >= 0.6 is 0 Å². The van der Waals surface area contributed by atoms with Crippen LogP contribution in [0.1, 0.15) is 40.9 Å². The molecule has 0 bridgehead atoms. The summed E-state index contributed by atoms with van der Waals surface area (Å²) in [5.41, 5.74) is 3.83. The topological polar surface area (TPSA) is 37.3 Å². The lowest BCUT2D eigenvalue weighted by Crippen LogP contribution is -2.29. The zero-order valence-corrected chi connectivity index (χ0v) is 14.0. The fourth-order valence-electron chi connectivity index (χ4n) is 3.18. The monoisotopic (exact) mass is 311 g/mol. The van der Waals surface area contributed by atoms with Gasteiger partial charge < -0.3 is 9.88 Å². The van der Waals surface area contributed by atoms with Gasteiger partial charge in [0.15, 0.2) is 0 Å². The maximum Gasteiger partial charge on any atom is 0.257 e. The number of nitrogens with one attached hydrogen (secondary N) is 1. The fraction of sp³-hybridized carbons (Fsp3) is 0.421. The average molecular weight is 311 g/mol. The van der Waals surface area contributed by atoms with Crippen LogP contribution < -0.4 is 5.32 Å². The van der Waals surface area contributed by atoms with Crippen molar-refractivity contribution in [3.05, 3.63) is 53.3 Å². The quantitative estimate of drug-likeness (QED) is 0.937. The standard InChI is InChI=1S/C19H25N3O/c1-15-17(10-13-21(15)2)19(23)20-18-9-5-4-8-16(18)14-22-11-6-3-7-12-22/h4-5,8-10,13H,3,6-7,11-12,14H2,1-2H3,(H,20,23). The molecule has 1 N–H and O–H groups in total. The van der Waals surface area contributed by atoms with Crippen LogP contribution in [0.3, 0.4) is 0 Å². The third-order valence-corrected chi connectivity index (χ3v) is 4.74. The molecule has 2 heterocycles. The van der Waals surface area contributed by atoms with E-state index in [1.807, 2.05) is 49.0 Å². The molecule has 23 heavy (non-hydrogen) atoms. The number of anilines is 1. The first-order chi connectivity index (χ1) is 11.1. The van der Waals surface area contributed by atoms with Gasteiger partial charge in [0, 0.05) is 31.2 Å². The number of nitrogens with zero attached hydrogens (tertiary/aromatic N) is 2. The number of para-hydroxylation sites is 1. The van der Waals surface area contributed by atoms with E-state index in [1.165, 1.54) is 24.8 Å². The summed E-state index contributed by atoms with van der Waals surface area (Å²) < 4.78 is 1.97. The first-order valence-corrected chi connectivity index (χ1v) is 8.38. The van der Waals surface area contributed by atoms with Gasteiger partial charge in [-0.3, -0.25) is 9.69 Å². The van der Waals surface area contributed by atoms with E-state index in [9.17, 15) is 4.79 Å². The van der Waals surface area contributed by atoms with Crippen LogP contribution in [0.5, 0.6) is 0 Å². The van der Waals surface area contributed by atoms with Gasteiger partial charge in [-0.25, -0.2) is 0 Å². The largest absolute Gasteiger partial charge is 0.354 e. The highest BCUT2D eigenvalue weighted by molar-refractivity contribution is 6.05. The van der Waals surface area contributed by atoms with Crippen molar-refractivity contribution in [2.24, 2.45) is 7.05 Å². The normalized spacial score (nSPS) is 15.6. The van der Waals surface area contributed by atoms with Crippen molar-refractivity contribution in [3.8, 4) is 0 Å². The van der Waals surface area contributed by atoms with Crippen molar-refractivity contribution < 1.29 is 4.79 Å². The second-order valence-corrected chi connectivity index (χ2v) is 6.37. The van der Waals surface area contributed by atoms with Gasteiger partial charge in [0.1, 0.15) is 0 Å². The molecular weight excluding hydrogens is 286 g/mol. The van der Waals surface area contributed by atoms with Crippen LogP contribution in [0.2, 0.25) is 0 Å². The van der Waals surface area contributed by atoms with Crippen LogP contribution in [-0.4, -0.2) is 28.5 Å². The minimum absolute atomic E-state index is 0.0332. The van der Waals surface area contributed by atoms with Gasteiger partial charge in [0.05, 0.1) is 5.56 Å². The molecule has 122 valence electrons. The molecule has 0 atom stereocenters. The Morgan fingerprint density at radius 1 is 1.13 bits per heavy atom. The Balaban J connectivity index is 1.74. The lowest BCUT2D eigenvalue weighted by Gasteiger charge is -2.27. The maximum absolute atomic E-state index is 12.6. The van der Waals surface area contributed by atoms with Crippen molar-refractivity contribution in [1.82, 2.24) is 9.47 Å². The molecule has 4 heteroatoms. The maximum atomic E-state index is 12.6. The Labute approximate surface area is 138 Å². The van der Waals surface area contributed by atoms with Gasteiger partial charge in [0.25, 0.3) is 5.91 Å². The summed E-state index contributed by atoms with van der Waals surface area (Å²) in [6.45, 7) is 5.18. The molecule has 4 nitrogen and oxygen atoms in total. The molecular formula is C19H25N3O. The number of rotatable bonds is 4. The van der Waals surface area contributed by atoms with Crippen molar-refractivity contribution in [2.75, 3.05) is 18.4 Å². The zero-order valence-electron chi connectivity index (χ0n) is 14.0. The Hall–Kier alpha value is -2.07. The van der Waals surface area contributed by atoms with Gasteiger partial charge in [-0.1, -0.05) is 24.6 Å². The number of piperidine rings is 1. The van der Waals surface area contributed by atoms with E-state index in [0.29, 0.717) is 0 Å². The summed E-state index contributed by atoms with van der Waals surface area (Å²) in [6, 6.07) is 10.0. The molecule has 0 aliphatic carbocycles. The zero-order chi connectivity index (χ0) is 16.2. The van der Waals surface area contributed by atoms with Crippen molar-refractivity contribution in [2.45, 2.75) is 32.7 Å². The first kappa shape index (κ1) is 15.8. The van der Waals surface area contributed by atoms with Crippen molar-refractivity contribution in [3.63, 3.8) is 0 Å². The fourth-order valence-corrected chi connectivity index (χ4v) is 3.18. The van der Waals surface area contributed by atoms with E-state index < -0.39 is 0 Å². The number of carbonyl (C=O) groups excluding carboxylic acids is 1. The van der Waals surface area contributed by atoms with E-state index in [0.717, 1.165) is 36.6 Å². The van der Waals surface area contributed by atoms with E-state index in [4.69, 9.17) is 0 Å². The third-order valence-electron chi connectivity index (χ3n) is 4.74. The lowest BCUT2D eigenvalue weighted by molar-refractivity contribution is 0.102. The second kappa shape index (κ2) is 7.01. The average Bonchev–Trinajstić information content (AvgIpc) is 2.90. The SMILES string of the molecule is Cc1c(C(=O)Nc2ccccc2CN2CCCCC2)ccn1C. The predicted octanol–water partition coefficient (Wildman–Crippen LogP) is 3.57. The van der Waals surface area contributed by atoms with Crippen LogP contribution in [0.25, 0.3) is 0 Å². The smallest absolute Gasteiger partial charge is 0.257 e. The van der Waals surface area contributed by atoms with Gasteiger partial charge in [-0.05, 0) is 50.6 Å². The Bertz CT molecular complexity index is 684. The van der Waals surface area contributed by atoms with Gasteiger partial charge in [0.2, 0.25) is 0 Å². The summed E-state index contributed by atoms with van der Waals surface area (Å²) in [5, 5.41) is 3.09. The molecule has 0 unspecified atom stereocenters. The summed E-state index contributed by atoms with van der Waals surface area (Å²) in [6.07, 6.45) is 5.81. The third kappa shape index (κ3) is 3.64. The number of amides is 1. The van der Waals surface area contributed by atoms with Gasteiger partial charge in [-0.2, -0.15) is 0 Å². The van der Waals surface area contributed by atoms with Gasteiger partial charge >= 0.3 is 0 Å². The molecule has 1 aliphatic heterocycles. The number of aromatic nitrogens is 1. The summed E-state index contributed by atoms with van der Waals surface area (Å²) in [5.74, 6) is -0.0332. The van der Waals surface area contributed by atoms with Crippen LogP contribution in [0.15, 0.2) is 36.5 Å². The summed E-state index contributed by atoms with van der Waals surface area (Å²) in [7, 11) is 1.95. The Morgan fingerprint density at radius 2 is 1.87 bits per heavy atom. The summed E-state index contributed by atoms with van der Waals surface area (Å²) >= 11 is 0. The lowest BCUT2D eigenvalue weighted by atomic mass is 10.1. The van der Waals surface area contributed by atoms with Crippen molar-refractivity contribution in [1.29, 1.82) is 0 Å². The van der Waals surface area contributed by atoms with Crippen LogP contribution in [0.4, 0.5) is 5.69 Å². The first-order valence-electron chi connectivity index (χ1n) is 8.38. The molecule has 1 amide bonds. The molecule has 1 aromatic carbocycles. The number of likely N-dealkylation sites (tertiary alicyclic amines) is 1. The number of benzene rings is 1. The highest BCUT2D eigenvalue weighted by atomic mass is 16.1. The van der Waals surface area contributed by atoms with Gasteiger partial charge in [-0.15, -0.1) is 0 Å². The number of carbonyl (C=O) groups is 1. The number of aryl methyl sites for hydroxylation is 1. The molecule has 0 radical (unpaired) electrons. The highest BCUT2D eigenvalue weighted by Crippen LogP contribution is 2.21. The summed E-state index contributed by atoms with van der Waals surface area (Å²) in [4.78, 5) is 15.0. The van der Waals surface area contributed by atoms with E-state index in [2.05, 4.69) is 16.3 Å². The van der Waals surface area contributed by atoms with Crippen molar-refractivity contribution >= 4 is 11.6 Å². The number of hydrogen-bond donors (Lipinski definition) is 1. The second-order valence-electron chi connectivity index (χ2n) is 6.37. The Morgan fingerprint density at radius 3 is 2.57 bits per heavy atom. The molecule has 2 aromatic rings. The molecule has 1 saturated heterocycles. The predicted molar refractivity (Wildman–Crippen MR) is 93.7 cm³/mol. The van der Waals surface area contributed by atoms with Crippen LogP contribution in [-0.2, 0) is 13.6 Å². The minimum atomic E-state index is -0.0332. The minimum Gasteiger partial charge on any atom is -0.354 e. The molecule has 1 aliphatic rings. The Kier molecular flexibility index (Phi) is 4.82. The van der Waals surface area contributed by atoms with E-state index >= 15 is 0 Å². The highest BCUT2D eigenvalue weighted by Gasteiger charge is 2.15. The van der Waals surface area contributed by atoms with E-state index in [1.54, 1.807) is 0 Å². The van der Waals surface area contributed by atoms with Crippen LogP contribution in [0, 0.1) is 6.92 Å².